The summed E-state index contributed by atoms with van der Waals surface area (Å²) in [5.41, 5.74) is 0. The molecule has 0 aliphatic heterocycles. The summed E-state index contributed by atoms with van der Waals surface area (Å²) in [7, 11) is 1.16. The van der Waals surface area contributed by atoms with Crippen molar-refractivity contribution in [3.8, 4) is 0 Å². The highest BCUT2D eigenvalue weighted by molar-refractivity contribution is 7.45. The highest BCUT2D eigenvalue weighted by Crippen LogP contribution is 2.38. The molecule has 0 saturated carbocycles. The van der Waals surface area contributed by atoms with Gasteiger partial charge >= 0.3 is 11.9 Å². The first kappa shape index (κ1) is 80.9. The number of carbonyl (C=O) groups excluding carboxylic acids is 2. The van der Waals surface area contributed by atoms with Gasteiger partial charge in [-0.05, 0) is 89.9 Å². The zero-order chi connectivity index (χ0) is 61.2. The molecule has 0 radical (unpaired) electrons. The van der Waals surface area contributed by atoms with E-state index in [-0.39, 0.29) is 26.1 Å². The molecule has 486 valence electrons. The third kappa shape index (κ3) is 68.0. The Balaban J connectivity index is 3.91. The topological polar surface area (TPSA) is 111 Å². The average Bonchev–Trinajstić information content (AvgIpc) is 3.61. The summed E-state index contributed by atoms with van der Waals surface area (Å²) < 4.78 is 34.2. The molecule has 0 saturated heterocycles. The Morgan fingerprint density at radius 1 is 0.369 bits per heavy atom. The Morgan fingerprint density at radius 2 is 0.643 bits per heavy atom. The molecule has 0 rings (SSSR count). The van der Waals surface area contributed by atoms with E-state index in [0.717, 1.165) is 109 Å². The number of carbonyl (C=O) groups is 2. The van der Waals surface area contributed by atoms with Gasteiger partial charge in [0.1, 0.15) is 19.8 Å². The van der Waals surface area contributed by atoms with Crippen LogP contribution in [0.15, 0.2) is 97.2 Å². The van der Waals surface area contributed by atoms with E-state index < -0.39 is 32.5 Å². The molecule has 0 aliphatic rings. The highest BCUT2D eigenvalue weighted by Gasteiger charge is 2.22. The summed E-state index contributed by atoms with van der Waals surface area (Å²) in [6.07, 6.45) is 89.4. The monoisotopic (exact) mass is 1190 g/mol. The normalized spacial score (nSPS) is 13.7. The molecular weight excluding hydrogens is 1060 g/mol. The smallest absolute Gasteiger partial charge is 0.306 e. The number of esters is 2. The van der Waals surface area contributed by atoms with Crippen LogP contribution in [0.4, 0.5) is 0 Å². The van der Waals surface area contributed by atoms with Gasteiger partial charge in [0.15, 0.2) is 6.10 Å². The second kappa shape index (κ2) is 64.4. The molecule has 0 heterocycles. The van der Waals surface area contributed by atoms with Gasteiger partial charge in [0.2, 0.25) is 0 Å². The number of quaternary nitrogens is 1. The molecule has 0 bridgehead atoms. The Hall–Kier alpha value is -3.07. The first-order valence-corrected chi connectivity index (χ1v) is 36.4. The predicted molar refractivity (Wildman–Crippen MR) is 360 cm³/mol. The molecule has 0 aliphatic carbocycles. The van der Waals surface area contributed by atoms with E-state index in [1.54, 1.807) is 0 Å². The SMILES string of the molecule is CC/C=C\C/C=C\C/C=C\C/C=C\CCCCCCCCCCCCCCCCCCCCCCCCCCCCCCC(=O)OC(COC(=O)CCCCCCCC/C=C\C/C=C\C/C=C\C/C=C\CC)COP(=O)([O-])OCC[N+](C)(C)C. The molecular formula is C74H132NO8P. The van der Waals surface area contributed by atoms with Crippen molar-refractivity contribution in [3.63, 3.8) is 0 Å². The van der Waals surface area contributed by atoms with Gasteiger partial charge in [0.05, 0.1) is 27.7 Å². The molecule has 0 spiro atoms. The lowest BCUT2D eigenvalue weighted by molar-refractivity contribution is -0.870. The minimum atomic E-state index is -4.65. The molecule has 0 fully saturated rings. The van der Waals surface area contributed by atoms with Crippen LogP contribution < -0.4 is 4.89 Å². The van der Waals surface area contributed by atoms with E-state index in [1.165, 1.54) is 161 Å². The number of allylic oxidation sites excluding steroid dienone is 16. The van der Waals surface area contributed by atoms with Crippen molar-refractivity contribution in [1.82, 2.24) is 0 Å². The second-order valence-corrected chi connectivity index (χ2v) is 25.9. The number of likely N-dealkylation sites (N-methyl/N-ethyl adjacent to an activating group) is 1. The molecule has 2 unspecified atom stereocenters. The van der Waals surface area contributed by atoms with Crippen LogP contribution in [-0.4, -0.2) is 70.0 Å². The number of ether oxygens (including phenoxy) is 2. The maximum atomic E-state index is 12.9. The average molecular weight is 1190 g/mol. The molecule has 0 aromatic carbocycles. The first-order valence-electron chi connectivity index (χ1n) is 34.9. The van der Waals surface area contributed by atoms with E-state index in [2.05, 4.69) is 111 Å². The maximum Gasteiger partial charge on any atom is 0.306 e. The van der Waals surface area contributed by atoms with Crippen LogP contribution in [0, 0.1) is 0 Å². The van der Waals surface area contributed by atoms with Crippen molar-refractivity contribution in [3.05, 3.63) is 97.2 Å². The van der Waals surface area contributed by atoms with Gasteiger partial charge < -0.3 is 27.9 Å². The molecule has 84 heavy (non-hydrogen) atoms. The van der Waals surface area contributed by atoms with Crippen LogP contribution >= 0.6 is 7.82 Å². The standard InChI is InChI=1S/C74H132NO8P/c1-6-8-10-12-14-16-18-20-22-24-26-27-28-29-30-31-32-33-34-35-36-37-38-39-40-41-42-43-44-45-46-47-49-51-53-55-57-59-61-63-65-67-74(77)83-72(71-82-84(78,79)81-69-68-75(3,4)5)70-80-73(76)66-64-62-60-58-56-54-52-50-48-25-23-21-19-17-15-13-11-9-7-2/h8-11,14-17,20-23,26-27,48,50,72H,6-7,12-13,18-19,24-25,28-47,49,51-71H2,1-5H3/b10-8-,11-9-,16-14-,17-15-,22-20-,23-21-,27-26-,50-48-. The quantitative estimate of drug-likeness (QED) is 0.0195. The van der Waals surface area contributed by atoms with Crippen molar-refractivity contribution >= 4 is 19.8 Å². The van der Waals surface area contributed by atoms with Crippen molar-refractivity contribution in [2.75, 3.05) is 47.5 Å². The third-order valence-corrected chi connectivity index (χ3v) is 16.1. The fraction of sp³-hybridized carbons (Fsp3) is 0.757. The molecule has 2 atom stereocenters. The summed E-state index contributed by atoms with van der Waals surface area (Å²) in [4.78, 5) is 38.0. The molecule has 9 nitrogen and oxygen atoms in total. The summed E-state index contributed by atoms with van der Waals surface area (Å²) in [6, 6.07) is 0. The van der Waals surface area contributed by atoms with E-state index in [0.29, 0.717) is 23.9 Å². The van der Waals surface area contributed by atoms with Crippen LogP contribution in [0.1, 0.15) is 309 Å². The van der Waals surface area contributed by atoms with Crippen molar-refractivity contribution < 1.29 is 42.1 Å². The number of phosphoric ester groups is 1. The Morgan fingerprint density at radius 3 is 0.952 bits per heavy atom. The molecule has 10 heteroatoms. The van der Waals surface area contributed by atoms with Crippen molar-refractivity contribution in [2.45, 2.75) is 315 Å². The summed E-state index contributed by atoms with van der Waals surface area (Å²) in [5.74, 6) is -0.841. The number of rotatable bonds is 64. The number of unbranched alkanes of at least 4 members (excludes halogenated alkanes) is 34. The fourth-order valence-corrected chi connectivity index (χ4v) is 10.5. The first-order chi connectivity index (χ1) is 41.0. The van der Waals surface area contributed by atoms with Gasteiger partial charge in [-0.1, -0.05) is 304 Å². The largest absolute Gasteiger partial charge is 0.756 e. The van der Waals surface area contributed by atoms with Gasteiger partial charge in [-0.25, -0.2) is 0 Å². The second-order valence-electron chi connectivity index (χ2n) is 24.5. The van der Waals surface area contributed by atoms with Gasteiger partial charge in [-0.2, -0.15) is 0 Å². The van der Waals surface area contributed by atoms with Crippen LogP contribution in [0.3, 0.4) is 0 Å². The van der Waals surface area contributed by atoms with E-state index in [9.17, 15) is 19.0 Å². The number of phosphoric acid groups is 1. The summed E-state index contributed by atoms with van der Waals surface area (Å²) >= 11 is 0. The zero-order valence-electron chi connectivity index (χ0n) is 55.3. The Kier molecular flexibility index (Phi) is 62.1. The Bertz CT molecular complexity index is 1740. The van der Waals surface area contributed by atoms with Crippen molar-refractivity contribution in [1.29, 1.82) is 0 Å². The van der Waals surface area contributed by atoms with Gasteiger partial charge in [-0.15, -0.1) is 0 Å². The molecule has 0 aromatic heterocycles. The highest BCUT2D eigenvalue weighted by atomic mass is 31.2. The van der Waals surface area contributed by atoms with Crippen LogP contribution in [-0.2, 0) is 32.7 Å². The van der Waals surface area contributed by atoms with E-state index in [1.807, 2.05) is 21.1 Å². The van der Waals surface area contributed by atoms with Gasteiger partial charge in [0, 0.05) is 12.8 Å². The lowest BCUT2D eigenvalue weighted by Gasteiger charge is -2.28. The third-order valence-electron chi connectivity index (χ3n) is 15.1. The fourth-order valence-electron chi connectivity index (χ4n) is 9.82. The number of hydrogen-bond acceptors (Lipinski definition) is 8. The lowest BCUT2D eigenvalue weighted by atomic mass is 10.0. The molecule has 0 amide bonds. The van der Waals surface area contributed by atoms with Crippen molar-refractivity contribution in [2.24, 2.45) is 0 Å². The lowest BCUT2D eigenvalue weighted by Crippen LogP contribution is -2.37. The van der Waals surface area contributed by atoms with E-state index in [4.69, 9.17) is 18.5 Å². The van der Waals surface area contributed by atoms with Gasteiger partial charge in [-0.3, -0.25) is 14.2 Å². The minimum Gasteiger partial charge on any atom is -0.756 e. The Labute approximate surface area is 519 Å². The van der Waals surface area contributed by atoms with Crippen LogP contribution in [0.2, 0.25) is 0 Å². The number of hydrogen-bond donors (Lipinski definition) is 0. The van der Waals surface area contributed by atoms with E-state index >= 15 is 0 Å². The molecule has 0 N–H and O–H groups in total. The summed E-state index contributed by atoms with van der Waals surface area (Å²) in [6.45, 7) is 4.02. The maximum absolute atomic E-state index is 12.9. The van der Waals surface area contributed by atoms with Crippen LogP contribution in [0.5, 0.6) is 0 Å². The van der Waals surface area contributed by atoms with Gasteiger partial charge in [0.25, 0.3) is 7.82 Å². The number of nitrogens with zero attached hydrogens (tertiary/aromatic N) is 1. The molecule has 0 aromatic rings. The minimum absolute atomic E-state index is 0.0350. The predicted octanol–water partition coefficient (Wildman–Crippen LogP) is 22.1. The van der Waals surface area contributed by atoms with Crippen LogP contribution in [0.25, 0.3) is 0 Å². The summed E-state index contributed by atoms with van der Waals surface area (Å²) in [5, 5.41) is 0. The zero-order valence-corrected chi connectivity index (χ0v) is 56.2.